The molecule has 0 aromatic carbocycles. The minimum absolute atomic E-state index is 0.155. The molecule has 2 aromatic heterocycles. The summed E-state index contributed by atoms with van der Waals surface area (Å²) in [5.74, 6) is 0.179. The Labute approximate surface area is 104 Å². The van der Waals surface area contributed by atoms with Crippen LogP contribution in [0.25, 0.3) is 10.8 Å². The lowest BCUT2D eigenvalue weighted by Gasteiger charge is -2.13. The molecule has 17 heavy (non-hydrogen) atoms. The number of halogens is 1. The first kappa shape index (κ1) is 12.1. The van der Waals surface area contributed by atoms with E-state index in [-0.39, 0.29) is 11.5 Å². The number of hydrogen-bond donors (Lipinski definition) is 1. The SMILES string of the molecule is COC[C@H](C)c1c[nH]c(=O)c2cnc(Cl)cc12. The van der Waals surface area contributed by atoms with Gasteiger partial charge in [0.05, 0.1) is 12.0 Å². The molecule has 0 saturated carbocycles. The highest BCUT2D eigenvalue weighted by molar-refractivity contribution is 6.30. The van der Waals surface area contributed by atoms with Gasteiger partial charge >= 0.3 is 0 Å². The van der Waals surface area contributed by atoms with E-state index in [1.165, 1.54) is 6.20 Å². The van der Waals surface area contributed by atoms with E-state index in [1.807, 2.05) is 6.92 Å². The van der Waals surface area contributed by atoms with Crippen molar-refractivity contribution in [2.75, 3.05) is 13.7 Å². The number of fused-ring (bicyclic) bond motifs is 1. The van der Waals surface area contributed by atoms with Crippen LogP contribution in [0, 0.1) is 0 Å². The number of nitrogens with zero attached hydrogens (tertiary/aromatic N) is 1. The Morgan fingerprint density at radius 2 is 2.29 bits per heavy atom. The summed E-state index contributed by atoms with van der Waals surface area (Å²) >= 11 is 5.87. The van der Waals surface area contributed by atoms with Crippen LogP contribution < -0.4 is 5.56 Å². The predicted octanol–water partition coefficient (Wildman–Crippen LogP) is 2.33. The molecule has 4 nitrogen and oxygen atoms in total. The molecule has 0 radical (unpaired) electrons. The summed E-state index contributed by atoms with van der Waals surface area (Å²) in [6, 6.07) is 1.72. The zero-order valence-electron chi connectivity index (χ0n) is 9.66. The van der Waals surface area contributed by atoms with Crippen molar-refractivity contribution in [1.29, 1.82) is 0 Å². The smallest absolute Gasteiger partial charge is 0.257 e. The van der Waals surface area contributed by atoms with Gasteiger partial charge in [-0.1, -0.05) is 18.5 Å². The van der Waals surface area contributed by atoms with Crippen LogP contribution in [0.3, 0.4) is 0 Å². The Balaban J connectivity index is 2.67. The van der Waals surface area contributed by atoms with Crippen molar-refractivity contribution < 1.29 is 4.74 Å². The molecule has 2 rings (SSSR count). The average molecular weight is 253 g/mol. The first-order chi connectivity index (χ1) is 8.13. The second-order valence-electron chi connectivity index (χ2n) is 3.98. The van der Waals surface area contributed by atoms with Gasteiger partial charge in [0.15, 0.2) is 0 Å². The Bertz CT molecular complexity index is 595. The summed E-state index contributed by atoms with van der Waals surface area (Å²) in [7, 11) is 1.65. The summed E-state index contributed by atoms with van der Waals surface area (Å²) in [5, 5.41) is 1.77. The van der Waals surface area contributed by atoms with E-state index in [0.717, 1.165) is 10.9 Å². The van der Waals surface area contributed by atoms with Gasteiger partial charge in [0.1, 0.15) is 5.15 Å². The van der Waals surface area contributed by atoms with Gasteiger partial charge in [0.25, 0.3) is 5.56 Å². The summed E-state index contributed by atoms with van der Waals surface area (Å²) in [4.78, 5) is 18.3. The number of H-pyrrole nitrogens is 1. The molecule has 0 fully saturated rings. The molecule has 0 aliphatic heterocycles. The molecule has 0 saturated heterocycles. The minimum atomic E-state index is -0.155. The molecule has 0 spiro atoms. The van der Waals surface area contributed by atoms with Gasteiger partial charge < -0.3 is 9.72 Å². The molecule has 1 N–H and O–H groups in total. The molecule has 0 unspecified atom stereocenters. The van der Waals surface area contributed by atoms with Gasteiger partial charge in [-0.05, 0) is 17.0 Å². The van der Waals surface area contributed by atoms with Gasteiger partial charge in [0, 0.05) is 25.4 Å². The summed E-state index contributed by atoms with van der Waals surface area (Å²) in [6.45, 7) is 2.62. The van der Waals surface area contributed by atoms with Gasteiger partial charge in [-0.25, -0.2) is 4.98 Å². The van der Waals surface area contributed by atoms with E-state index in [2.05, 4.69) is 9.97 Å². The van der Waals surface area contributed by atoms with Crippen LogP contribution in [0.2, 0.25) is 5.15 Å². The van der Waals surface area contributed by atoms with Crippen molar-refractivity contribution in [2.45, 2.75) is 12.8 Å². The van der Waals surface area contributed by atoms with E-state index in [0.29, 0.717) is 17.1 Å². The lowest BCUT2D eigenvalue weighted by Crippen LogP contribution is -2.11. The zero-order valence-corrected chi connectivity index (χ0v) is 10.4. The number of pyridine rings is 2. The molecular weight excluding hydrogens is 240 g/mol. The van der Waals surface area contributed by atoms with Crippen LogP contribution in [0.4, 0.5) is 0 Å². The maximum absolute atomic E-state index is 11.7. The lowest BCUT2D eigenvalue weighted by atomic mass is 9.99. The topological polar surface area (TPSA) is 55.0 Å². The van der Waals surface area contributed by atoms with Crippen molar-refractivity contribution in [1.82, 2.24) is 9.97 Å². The first-order valence-electron chi connectivity index (χ1n) is 5.29. The molecule has 0 aliphatic carbocycles. The van der Waals surface area contributed by atoms with Crippen molar-refractivity contribution in [2.24, 2.45) is 0 Å². The summed E-state index contributed by atoms with van der Waals surface area (Å²) < 4.78 is 5.13. The van der Waals surface area contributed by atoms with Crippen molar-refractivity contribution in [3.63, 3.8) is 0 Å². The fraction of sp³-hybridized carbons (Fsp3) is 0.333. The number of rotatable bonds is 3. The Hall–Kier alpha value is -1.39. The van der Waals surface area contributed by atoms with Crippen molar-refractivity contribution in [3.8, 4) is 0 Å². The third-order valence-corrected chi connectivity index (χ3v) is 2.94. The predicted molar refractivity (Wildman–Crippen MR) is 67.7 cm³/mol. The highest BCUT2D eigenvalue weighted by atomic mass is 35.5. The third kappa shape index (κ3) is 2.33. The highest BCUT2D eigenvalue weighted by Gasteiger charge is 2.12. The van der Waals surface area contributed by atoms with Gasteiger partial charge in [-0.15, -0.1) is 0 Å². The number of hydrogen-bond acceptors (Lipinski definition) is 3. The van der Waals surface area contributed by atoms with E-state index in [4.69, 9.17) is 16.3 Å². The monoisotopic (exact) mass is 252 g/mol. The quantitative estimate of drug-likeness (QED) is 0.853. The molecule has 0 aliphatic rings. The Morgan fingerprint density at radius 1 is 1.53 bits per heavy atom. The largest absolute Gasteiger partial charge is 0.384 e. The van der Waals surface area contributed by atoms with E-state index in [9.17, 15) is 4.79 Å². The van der Waals surface area contributed by atoms with Gasteiger partial charge in [-0.3, -0.25) is 4.79 Å². The number of ether oxygens (including phenoxy) is 1. The summed E-state index contributed by atoms with van der Waals surface area (Å²) in [6.07, 6.45) is 3.21. The number of nitrogens with one attached hydrogen (secondary N) is 1. The minimum Gasteiger partial charge on any atom is -0.384 e. The summed E-state index contributed by atoms with van der Waals surface area (Å²) in [5.41, 5.74) is 0.850. The maximum Gasteiger partial charge on any atom is 0.257 e. The van der Waals surface area contributed by atoms with Crippen LogP contribution in [0.15, 0.2) is 23.3 Å². The number of aromatic nitrogens is 2. The molecule has 0 bridgehead atoms. The van der Waals surface area contributed by atoms with Crippen LogP contribution >= 0.6 is 11.6 Å². The van der Waals surface area contributed by atoms with E-state index in [1.54, 1.807) is 19.4 Å². The van der Waals surface area contributed by atoms with Gasteiger partial charge in [-0.2, -0.15) is 0 Å². The normalized spacial score (nSPS) is 12.9. The molecule has 0 amide bonds. The lowest BCUT2D eigenvalue weighted by molar-refractivity contribution is 0.184. The molecule has 2 aromatic rings. The molecular formula is C12H13ClN2O2. The maximum atomic E-state index is 11.7. The first-order valence-corrected chi connectivity index (χ1v) is 5.67. The Morgan fingerprint density at radius 3 is 3.00 bits per heavy atom. The zero-order chi connectivity index (χ0) is 12.4. The standard InChI is InChI=1S/C12H13ClN2O2/c1-7(6-17-2)9-4-15-12(16)10-5-14-11(13)3-8(9)10/h3-5,7H,6H2,1-2H3,(H,15,16)/t7-/m0/s1. The van der Waals surface area contributed by atoms with Crippen molar-refractivity contribution in [3.05, 3.63) is 39.5 Å². The molecule has 1 atom stereocenters. The van der Waals surface area contributed by atoms with Crippen LogP contribution in [0.1, 0.15) is 18.4 Å². The van der Waals surface area contributed by atoms with Crippen LogP contribution in [-0.4, -0.2) is 23.7 Å². The van der Waals surface area contributed by atoms with E-state index < -0.39 is 0 Å². The Kier molecular flexibility index (Phi) is 3.45. The second-order valence-corrected chi connectivity index (χ2v) is 4.37. The average Bonchev–Trinajstić information content (AvgIpc) is 2.29. The molecule has 2 heterocycles. The molecule has 90 valence electrons. The molecule has 5 heteroatoms. The fourth-order valence-corrected chi connectivity index (χ4v) is 2.05. The highest BCUT2D eigenvalue weighted by Crippen LogP contribution is 2.24. The third-order valence-electron chi connectivity index (χ3n) is 2.73. The van der Waals surface area contributed by atoms with Crippen LogP contribution in [-0.2, 0) is 4.74 Å². The van der Waals surface area contributed by atoms with E-state index >= 15 is 0 Å². The number of methoxy groups -OCH3 is 1. The number of aromatic amines is 1. The van der Waals surface area contributed by atoms with Gasteiger partial charge in [0.2, 0.25) is 0 Å². The second kappa shape index (κ2) is 4.85. The van der Waals surface area contributed by atoms with Crippen LogP contribution in [0.5, 0.6) is 0 Å². The van der Waals surface area contributed by atoms with Crippen molar-refractivity contribution >= 4 is 22.4 Å². The fourth-order valence-electron chi connectivity index (χ4n) is 1.90.